The average Bonchev–Trinajstić information content (AvgIpc) is 2.71. The van der Waals surface area contributed by atoms with Gasteiger partial charge in [0.05, 0.1) is 11.3 Å². The van der Waals surface area contributed by atoms with Crippen LogP contribution in [0.1, 0.15) is 41.6 Å². The third-order valence-corrected chi connectivity index (χ3v) is 3.58. The van der Waals surface area contributed by atoms with E-state index >= 15 is 0 Å². The number of amides is 1. The number of rotatable bonds is 7. The molecule has 0 aromatic heterocycles. The highest BCUT2D eigenvalue weighted by Crippen LogP contribution is 2.29. The summed E-state index contributed by atoms with van der Waals surface area (Å²) in [5.41, 5.74) is 10.4. The predicted octanol–water partition coefficient (Wildman–Crippen LogP) is 3.40. The lowest BCUT2D eigenvalue weighted by Crippen LogP contribution is -2.30. The van der Waals surface area contributed by atoms with Crippen LogP contribution in [0.25, 0.3) is 10.4 Å². The fourth-order valence-corrected chi connectivity index (χ4v) is 2.49. The zero-order chi connectivity index (χ0) is 15.2. The van der Waals surface area contributed by atoms with Crippen LogP contribution in [-0.4, -0.2) is 24.8 Å². The number of ketones is 1. The molecule has 1 aliphatic rings. The second-order valence-electron chi connectivity index (χ2n) is 5.18. The van der Waals surface area contributed by atoms with Crippen molar-refractivity contribution in [2.24, 2.45) is 5.11 Å². The van der Waals surface area contributed by atoms with Gasteiger partial charge in [0, 0.05) is 18.0 Å². The van der Waals surface area contributed by atoms with E-state index in [0.29, 0.717) is 18.7 Å². The maximum atomic E-state index is 12.0. The number of carbonyl (C=O) groups excluding carboxylic acids is 2. The third kappa shape index (κ3) is 3.41. The van der Waals surface area contributed by atoms with Gasteiger partial charge in [0.2, 0.25) is 0 Å². The van der Waals surface area contributed by atoms with Crippen LogP contribution >= 0.6 is 0 Å². The van der Waals surface area contributed by atoms with Gasteiger partial charge >= 0.3 is 0 Å². The van der Waals surface area contributed by atoms with Gasteiger partial charge < -0.3 is 4.90 Å². The van der Waals surface area contributed by atoms with Crippen molar-refractivity contribution >= 4 is 17.4 Å². The summed E-state index contributed by atoms with van der Waals surface area (Å²) in [5, 5.41) is 3.48. The molecule has 0 atom stereocenters. The van der Waals surface area contributed by atoms with Crippen LogP contribution in [-0.2, 0) is 4.79 Å². The highest BCUT2D eigenvalue weighted by molar-refractivity contribution is 6.52. The smallest absolute Gasteiger partial charge is 0.299 e. The first-order valence-corrected chi connectivity index (χ1v) is 7.13. The van der Waals surface area contributed by atoms with E-state index in [-0.39, 0.29) is 0 Å². The molecule has 2 rings (SSSR count). The van der Waals surface area contributed by atoms with Crippen molar-refractivity contribution in [1.29, 1.82) is 0 Å². The molecular formula is C15H18N4O2. The molecule has 0 saturated heterocycles. The molecule has 1 amide bonds. The Kier molecular flexibility index (Phi) is 4.95. The van der Waals surface area contributed by atoms with Crippen LogP contribution in [0.3, 0.4) is 0 Å². The number of hydrogen-bond donors (Lipinski definition) is 0. The van der Waals surface area contributed by atoms with Crippen molar-refractivity contribution in [3.8, 4) is 0 Å². The second kappa shape index (κ2) is 6.90. The van der Waals surface area contributed by atoms with Crippen molar-refractivity contribution < 1.29 is 9.59 Å². The topological polar surface area (TPSA) is 86.1 Å². The molecule has 1 aromatic rings. The molecular weight excluding hydrogens is 268 g/mol. The second-order valence-corrected chi connectivity index (χ2v) is 5.18. The average molecular weight is 286 g/mol. The standard InChI is InChI=1S/C15H18N4O2/c1-11-6-7-13-12(10-11)14(20)15(21)19(13)9-5-3-2-4-8-17-18-16/h6-7,10H,2-5,8-9H2,1H3. The van der Waals surface area contributed by atoms with Gasteiger partial charge in [0.1, 0.15) is 0 Å². The number of azide groups is 1. The van der Waals surface area contributed by atoms with E-state index in [1.54, 1.807) is 11.0 Å². The summed E-state index contributed by atoms with van der Waals surface area (Å²) < 4.78 is 0. The lowest BCUT2D eigenvalue weighted by molar-refractivity contribution is -0.114. The lowest BCUT2D eigenvalue weighted by Gasteiger charge is -2.16. The molecule has 1 aromatic carbocycles. The molecule has 110 valence electrons. The lowest BCUT2D eigenvalue weighted by atomic mass is 10.1. The van der Waals surface area contributed by atoms with Crippen molar-refractivity contribution in [3.63, 3.8) is 0 Å². The van der Waals surface area contributed by atoms with Gasteiger partial charge in [-0.1, -0.05) is 29.6 Å². The fourth-order valence-electron chi connectivity index (χ4n) is 2.49. The molecule has 1 aliphatic heterocycles. The number of benzene rings is 1. The first-order valence-electron chi connectivity index (χ1n) is 7.13. The first-order chi connectivity index (χ1) is 10.1. The molecule has 0 unspecified atom stereocenters. The monoisotopic (exact) mass is 286 g/mol. The Morgan fingerprint density at radius 2 is 1.95 bits per heavy atom. The number of unbranched alkanes of at least 4 members (excludes halogenated alkanes) is 3. The highest BCUT2D eigenvalue weighted by atomic mass is 16.2. The number of nitrogens with zero attached hydrogens (tertiary/aromatic N) is 4. The number of hydrogen-bond acceptors (Lipinski definition) is 3. The summed E-state index contributed by atoms with van der Waals surface area (Å²) in [6.45, 7) is 2.98. The minimum Gasteiger partial charge on any atom is -0.305 e. The van der Waals surface area contributed by atoms with E-state index < -0.39 is 11.7 Å². The van der Waals surface area contributed by atoms with Gasteiger partial charge in [-0.05, 0) is 37.4 Å². The van der Waals surface area contributed by atoms with E-state index in [4.69, 9.17) is 5.53 Å². The SMILES string of the molecule is Cc1ccc2c(c1)C(=O)C(=O)N2CCCCCCN=[N+]=[N-]. The maximum Gasteiger partial charge on any atom is 0.299 e. The highest BCUT2D eigenvalue weighted by Gasteiger charge is 2.35. The zero-order valence-electron chi connectivity index (χ0n) is 12.1. The molecule has 21 heavy (non-hydrogen) atoms. The molecule has 6 heteroatoms. The summed E-state index contributed by atoms with van der Waals surface area (Å²) >= 11 is 0. The minimum absolute atomic E-state index is 0.406. The predicted molar refractivity (Wildman–Crippen MR) is 80.3 cm³/mol. The first kappa shape index (κ1) is 15.1. The number of carbonyl (C=O) groups is 2. The van der Waals surface area contributed by atoms with Gasteiger partial charge in [-0.25, -0.2) is 0 Å². The summed E-state index contributed by atoms with van der Waals surface area (Å²) in [7, 11) is 0. The Labute approximate surface area is 123 Å². The normalized spacial score (nSPS) is 13.3. The summed E-state index contributed by atoms with van der Waals surface area (Å²) in [6.07, 6.45) is 3.59. The summed E-state index contributed by atoms with van der Waals surface area (Å²) in [6, 6.07) is 5.53. The van der Waals surface area contributed by atoms with E-state index in [2.05, 4.69) is 10.0 Å². The molecule has 0 radical (unpaired) electrons. The van der Waals surface area contributed by atoms with Gasteiger partial charge in [0.25, 0.3) is 11.7 Å². The van der Waals surface area contributed by atoms with Gasteiger partial charge in [-0.15, -0.1) is 0 Å². The van der Waals surface area contributed by atoms with E-state index in [1.165, 1.54) is 0 Å². The van der Waals surface area contributed by atoms with E-state index in [9.17, 15) is 9.59 Å². The van der Waals surface area contributed by atoms with E-state index in [1.807, 2.05) is 19.1 Å². The molecule has 0 fully saturated rings. The number of aryl methyl sites for hydroxylation is 1. The molecule has 1 heterocycles. The van der Waals surface area contributed by atoms with Crippen molar-refractivity contribution in [2.75, 3.05) is 18.0 Å². The quantitative estimate of drug-likeness (QED) is 0.253. The van der Waals surface area contributed by atoms with Crippen LogP contribution < -0.4 is 4.90 Å². The van der Waals surface area contributed by atoms with Crippen molar-refractivity contribution in [1.82, 2.24) is 0 Å². The van der Waals surface area contributed by atoms with Gasteiger partial charge in [-0.2, -0.15) is 0 Å². The van der Waals surface area contributed by atoms with E-state index in [0.717, 1.165) is 36.9 Å². The molecule has 0 bridgehead atoms. The third-order valence-electron chi connectivity index (χ3n) is 3.58. The van der Waals surface area contributed by atoms with Gasteiger partial charge in [0.15, 0.2) is 0 Å². The minimum atomic E-state index is -0.426. The fraction of sp³-hybridized carbons (Fsp3) is 0.467. The Morgan fingerprint density at radius 1 is 1.19 bits per heavy atom. The van der Waals surface area contributed by atoms with Crippen LogP contribution in [0.15, 0.2) is 23.3 Å². The molecule has 0 N–H and O–H groups in total. The van der Waals surface area contributed by atoms with Crippen LogP contribution in [0.5, 0.6) is 0 Å². The largest absolute Gasteiger partial charge is 0.305 e. The van der Waals surface area contributed by atoms with Crippen LogP contribution in [0, 0.1) is 6.92 Å². The Hall–Kier alpha value is -2.33. The summed E-state index contributed by atoms with van der Waals surface area (Å²) in [4.78, 5) is 28.2. The van der Waals surface area contributed by atoms with Crippen LogP contribution in [0.4, 0.5) is 5.69 Å². The van der Waals surface area contributed by atoms with Gasteiger partial charge in [-0.3, -0.25) is 9.59 Å². The molecule has 0 spiro atoms. The zero-order valence-corrected chi connectivity index (χ0v) is 12.1. The molecule has 0 aliphatic carbocycles. The van der Waals surface area contributed by atoms with Crippen molar-refractivity contribution in [2.45, 2.75) is 32.6 Å². The Bertz CT molecular complexity index is 606. The molecule has 6 nitrogen and oxygen atoms in total. The number of anilines is 1. The summed E-state index contributed by atoms with van der Waals surface area (Å²) in [5.74, 6) is -0.832. The van der Waals surface area contributed by atoms with Crippen LogP contribution in [0.2, 0.25) is 0 Å². The number of fused-ring (bicyclic) bond motifs is 1. The molecule has 0 saturated carbocycles. The Morgan fingerprint density at radius 3 is 2.71 bits per heavy atom. The maximum absolute atomic E-state index is 12.0. The Balaban J connectivity index is 1.88. The number of Topliss-reactive ketones (excluding diaryl/α,β-unsaturated/α-hetero) is 1. The van der Waals surface area contributed by atoms with Crippen molar-refractivity contribution in [3.05, 3.63) is 39.8 Å².